The first-order chi connectivity index (χ1) is 12.1. The first kappa shape index (κ1) is 19.4. The van der Waals surface area contributed by atoms with E-state index in [0.29, 0.717) is 6.61 Å². The molecule has 0 fully saturated rings. The van der Waals surface area contributed by atoms with E-state index in [0.717, 1.165) is 19.3 Å². The largest absolute Gasteiger partial charge is 0.365 e. The molecule has 2 rings (SSSR count). The SMILES string of the molecule is CCCOC(CC(N)CC=C(C)C)(c1ccccc1)c1ccccc1. The summed E-state index contributed by atoms with van der Waals surface area (Å²) in [6.07, 6.45) is 4.81. The Labute approximate surface area is 152 Å². The fourth-order valence-electron chi connectivity index (χ4n) is 3.16. The summed E-state index contributed by atoms with van der Waals surface area (Å²) in [5, 5.41) is 0. The highest BCUT2D eigenvalue weighted by Gasteiger charge is 2.36. The van der Waals surface area contributed by atoms with Crippen molar-refractivity contribution in [1.29, 1.82) is 0 Å². The Hall–Kier alpha value is -1.90. The summed E-state index contributed by atoms with van der Waals surface area (Å²) in [6, 6.07) is 21.0. The topological polar surface area (TPSA) is 35.2 Å². The third kappa shape index (κ3) is 5.29. The van der Waals surface area contributed by atoms with Gasteiger partial charge in [-0.25, -0.2) is 0 Å². The summed E-state index contributed by atoms with van der Waals surface area (Å²) in [7, 11) is 0. The van der Waals surface area contributed by atoms with Crippen LogP contribution in [0.1, 0.15) is 51.2 Å². The number of hydrogen-bond acceptors (Lipinski definition) is 2. The van der Waals surface area contributed by atoms with Crippen LogP contribution >= 0.6 is 0 Å². The van der Waals surface area contributed by atoms with Crippen LogP contribution in [0.2, 0.25) is 0 Å². The van der Waals surface area contributed by atoms with Crippen molar-refractivity contribution in [3.8, 4) is 0 Å². The fraction of sp³-hybridized carbons (Fsp3) is 0.391. The highest BCUT2D eigenvalue weighted by atomic mass is 16.5. The molecule has 2 N–H and O–H groups in total. The second-order valence-electron chi connectivity index (χ2n) is 6.89. The molecular formula is C23H31NO. The minimum absolute atomic E-state index is 0.0344. The van der Waals surface area contributed by atoms with Crippen molar-refractivity contribution >= 4 is 0 Å². The van der Waals surface area contributed by atoms with Crippen LogP contribution < -0.4 is 5.73 Å². The van der Waals surface area contributed by atoms with Crippen molar-refractivity contribution < 1.29 is 4.74 Å². The van der Waals surface area contributed by atoms with Crippen LogP contribution in [0.4, 0.5) is 0 Å². The van der Waals surface area contributed by atoms with E-state index in [2.05, 4.69) is 75.4 Å². The second kappa shape index (κ2) is 9.55. The lowest BCUT2D eigenvalue weighted by Crippen LogP contribution is -2.38. The van der Waals surface area contributed by atoms with Crippen molar-refractivity contribution in [2.75, 3.05) is 6.61 Å². The Morgan fingerprint density at radius 1 is 1.00 bits per heavy atom. The van der Waals surface area contributed by atoms with E-state index in [1.54, 1.807) is 0 Å². The first-order valence-electron chi connectivity index (χ1n) is 9.22. The Kier molecular flexibility index (Phi) is 7.42. The number of allylic oxidation sites excluding steroid dienone is 1. The second-order valence-corrected chi connectivity index (χ2v) is 6.89. The van der Waals surface area contributed by atoms with Gasteiger partial charge in [0.1, 0.15) is 5.60 Å². The molecule has 2 aromatic carbocycles. The molecule has 0 spiro atoms. The zero-order chi connectivity index (χ0) is 18.1. The molecule has 0 saturated heterocycles. The number of hydrogen-bond donors (Lipinski definition) is 1. The van der Waals surface area contributed by atoms with Crippen molar-refractivity contribution in [1.82, 2.24) is 0 Å². The average molecular weight is 338 g/mol. The molecule has 25 heavy (non-hydrogen) atoms. The molecule has 2 nitrogen and oxygen atoms in total. The number of nitrogens with two attached hydrogens (primary N) is 1. The molecule has 2 aromatic rings. The van der Waals surface area contributed by atoms with Gasteiger partial charge in [-0.1, -0.05) is 79.2 Å². The van der Waals surface area contributed by atoms with Crippen molar-refractivity contribution in [2.24, 2.45) is 5.73 Å². The van der Waals surface area contributed by atoms with Crippen molar-refractivity contribution in [2.45, 2.75) is 51.7 Å². The minimum Gasteiger partial charge on any atom is -0.365 e. The third-order valence-corrected chi connectivity index (χ3v) is 4.41. The lowest BCUT2D eigenvalue weighted by atomic mass is 9.80. The molecule has 0 radical (unpaired) electrons. The predicted octanol–water partition coefficient (Wildman–Crippen LogP) is 5.43. The van der Waals surface area contributed by atoms with Gasteiger partial charge >= 0.3 is 0 Å². The maximum atomic E-state index is 6.53. The third-order valence-electron chi connectivity index (χ3n) is 4.41. The zero-order valence-corrected chi connectivity index (χ0v) is 15.7. The van der Waals surface area contributed by atoms with E-state index in [9.17, 15) is 0 Å². The molecule has 0 saturated carbocycles. The molecule has 0 aromatic heterocycles. The Bertz CT molecular complexity index is 605. The van der Waals surface area contributed by atoms with Gasteiger partial charge in [0.2, 0.25) is 0 Å². The Morgan fingerprint density at radius 2 is 1.52 bits per heavy atom. The molecule has 0 amide bonds. The molecule has 2 heteroatoms. The highest BCUT2D eigenvalue weighted by molar-refractivity contribution is 5.37. The molecule has 0 aliphatic heterocycles. The van der Waals surface area contributed by atoms with Crippen LogP contribution in [0.25, 0.3) is 0 Å². The fourth-order valence-corrected chi connectivity index (χ4v) is 3.16. The van der Waals surface area contributed by atoms with Crippen LogP contribution in [-0.4, -0.2) is 12.6 Å². The summed E-state index contributed by atoms with van der Waals surface area (Å²) < 4.78 is 6.53. The lowest BCUT2D eigenvalue weighted by molar-refractivity contribution is -0.0288. The zero-order valence-electron chi connectivity index (χ0n) is 15.7. The van der Waals surface area contributed by atoms with E-state index >= 15 is 0 Å². The smallest absolute Gasteiger partial charge is 0.120 e. The van der Waals surface area contributed by atoms with Gasteiger partial charge in [0.05, 0.1) is 0 Å². The summed E-state index contributed by atoms with van der Waals surface area (Å²) in [4.78, 5) is 0. The molecular weight excluding hydrogens is 306 g/mol. The average Bonchev–Trinajstić information content (AvgIpc) is 2.65. The summed E-state index contributed by atoms with van der Waals surface area (Å²) >= 11 is 0. The first-order valence-corrected chi connectivity index (χ1v) is 9.22. The number of rotatable bonds is 9. The van der Waals surface area contributed by atoms with Crippen LogP contribution in [0.3, 0.4) is 0 Å². The number of benzene rings is 2. The summed E-state index contributed by atoms with van der Waals surface area (Å²) in [5.41, 5.74) is 9.66. The van der Waals surface area contributed by atoms with Crippen molar-refractivity contribution in [3.05, 3.63) is 83.4 Å². The standard InChI is InChI=1S/C23H31NO/c1-4-17-25-23(20-11-7-5-8-12-20,21-13-9-6-10-14-21)18-22(24)16-15-19(2)3/h5-15,22H,4,16-18,24H2,1-3H3. The van der Waals surface area contributed by atoms with E-state index < -0.39 is 5.60 Å². The van der Waals surface area contributed by atoms with Gasteiger partial charge in [-0.2, -0.15) is 0 Å². The maximum Gasteiger partial charge on any atom is 0.120 e. The number of ether oxygens (including phenoxy) is 1. The van der Waals surface area contributed by atoms with E-state index in [-0.39, 0.29) is 6.04 Å². The molecule has 0 aliphatic rings. The lowest BCUT2D eigenvalue weighted by Gasteiger charge is -2.37. The van der Waals surface area contributed by atoms with E-state index in [1.807, 2.05) is 12.1 Å². The molecule has 0 aliphatic carbocycles. The molecule has 1 unspecified atom stereocenters. The predicted molar refractivity (Wildman–Crippen MR) is 107 cm³/mol. The van der Waals surface area contributed by atoms with Gasteiger partial charge in [-0.3, -0.25) is 0 Å². The molecule has 1 atom stereocenters. The van der Waals surface area contributed by atoms with E-state index in [1.165, 1.54) is 16.7 Å². The van der Waals surface area contributed by atoms with Gasteiger partial charge in [0, 0.05) is 19.1 Å². The van der Waals surface area contributed by atoms with Crippen LogP contribution in [-0.2, 0) is 10.3 Å². The summed E-state index contributed by atoms with van der Waals surface area (Å²) in [5.74, 6) is 0. The quantitative estimate of drug-likeness (QED) is 0.619. The van der Waals surface area contributed by atoms with Gasteiger partial charge in [-0.15, -0.1) is 0 Å². The van der Waals surface area contributed by atoms with Gasteiger partial charge < -0.3 is 10.5 Å². The molecule has 0 bridgehead atoms. The van der Waals surface area contributed by atoms with Crippen molar-refractivity contribution in [3.63, 3.8) is 0 Å². The molecule has 134 valence electrons. The van der Waals surface area contributed by atoms with Gasteiger partial charge in [0.25, 0.3) is 0 Å². The van der Waals surface area contributed by atoms with Gasteiger partial charge in [0.15, 0.2) is 0 Å². The summed E-state index contributed by atoms with van der Waals surface area (Å²) in [6.45, 7) is 7.08. The Balaban J connectivity index is 2.45. The van der Waals surface area contributed by atoms with Gasteiger partial charge in [-0.05, 0) is 37.8 Å². The highest BCUT2D eigenvalue weighted by Crippen LogP contribution is 2.38. The van der Waals surface area contributed by atoms with Crippen LogP contribution in [0, 0.1) is 0 Å². The Morgan fingerprint density at radius 3 is 1.96 bits per heavy atom. The van der Waals surface area contributed by atoms with Crippen LogP contribution in [0.15, 0.2) is 72.3 Å². The minimum atomic E-state index is -0.507. The normalized spacial score (nSPS) is 12.6. The van der Waals surface area contributed by atoms with E-state index in [4.69, 9.17) is 10.5 Å². The van der Waals surface area contributed by atoms with Crippen LogP contribution in [0.5, 0.6) is 0 Å². The monoisotopic (exact) mass is 337 g/mol. The molecule has 0 heterocycles. The maximum absolute atomic E-state index is 6.53.